The van der Waals surface area contributed by atoms with Crippen LogP contribution in [0.1, 0.15) is 36.2 Å². The van der Waals surface area contributed by atoms with Gasteiger partial charge < -0.3 is 20.9 Å². The van der Waals surface area contributed by atoms with Crippen molar-refractivity contribution >= 4 is 41.1 Å². The Morgan fingerprint density at radius 2 is 1.84 bits per heavy atom. The number of hydrogen-bond donors (Lipinski definition) is 3. The first-order chi connectivity index (χ1) is 17.8. The van der Waals surface area contributed by atoms with Crippen molar-refractivity contribution < 1.29 is 14.0 Å². The van der Waals surface area contributed by atoms with Crippen LogP contribution in [0.15, 0.2) is 41.2 Å². The first kappa shape index (κ1) is 29.1. The molecule has 0 radical (unpaired) electrons. The van der Waals surface area contributed by atoms with Gasteiger partial charge >= 0.3 is 0 Å². The molecule has 1 aromatic carbocycles. The Balaban J connectivity index is 0.00000400. The Labute approximate surface area is 227 Å². The Morgan fingerprint density at radius 3 is 2.47 bits per heavy atom. The zero-order valence-electron chi connectivity index (χ0n) is 21.8. The lowest BCUT2D eigenvalue weighted by atomic mass is 10.0. The van der Waals surface area contributed by atoms with Crippen molar-refractivity contribution in [3.8, 4) is 11.3 Å². The summed E-state index contributed by atoms with van der Waals surface area (Å²) in [4.78, 5) is 44.4. The molecule has 11 heteroatoms. The van der Waals surface area contributed by atoms with Crippen molar-refractivity contribution in [1.29, 1.82) is 0 Å². The highest BCUT2D eigenvalue weighted by molar-refractivity contribution is 6.01. The number of benzene rings is 1. The van der Waals surface area contributed by atoms with Crippen LogP contribution in [0.4, 0.5) is 10.2 Å². The van der Waals surface area contributed by atoms with E-state index in [1.165, 1.54) is 7.05 Å². The Bertz CT molecular complexity index is 1380. The molecule has 2 amide bonds. The summed E-state index contributed by atoms with van der Waals surface area (Å²) in [7, 11) is 1.45. The minimum atomic E-state index is -0.834. The van der Waals surface area contributed by atoms with Crippen molar-refractivity contribution in [3.63, 3.8) is 0 Å². The number of rotatable bonds is 8. The number of nitrogen functional groups attached to an aromatic ring is 1. The summed E-state index contributed by atoms with van der Waals surface area (Å²) in [5.74, 6) is -0.566. The number of anilines is 1. The van der Waals surface area contributed by atoms with Gasteiger partial charge in [0.05, 0.1) is 17.5 Å². The summed E-state index contributed by atoms with van der Waals surface area (Å²) >= 11 is 0. The molecular formula is C27H34ClFN6O3. The summed E-state index contributed by atoms with van der Waals surface area (Å²) in [6.07, 6.45) is -0.163. The van der Waals surface area contributed by atoms with Crippen molar-refractivity contribution in [1.82, 2.24) is 25.1 Å². The fourth-order valence-corrected chi connectivity index (χ4v) is 4.95. The van der Waals surface area contributed by atoms with E-state index in [-0.39, 0.29) is 42.2 Å². The molecule has 0 spiro atoms. The number of nitrogens with zero attached hydrogens (tertiary/aromatic N) is 3. The molecule has 38 heavy (non-hydrogen) atoms. The normalized spacial score (nSPS) is 17.3. The van der Waals surface area contributed by atoms with E-state index in [0.29, 0.717) is 42.8 Å². The molecule has 4 N–H and O–H groups in total. The number of carbonyl (C=O) groups is 2. The third-order valence-electron chi connectivity index (χ3n) is 6.95. The average Bonchev–Trinajstić information content (AvgIpc) is 3.27. The molecule has 1 aliphatic heterocycles. The molecular weight excluding hydrogens is 511 g/mol. The molecule has 4 rings (SSSR count). The van der Waals surface area contributed by atoms with Crippen LogP contribution in [-0.2, 0) is 17.8 Å². The predicted molar refractivity (Wildman–Crippen MR) is 149 cm³/mol. The Hall–Kier alpha value is -3.50. The third-order valence-corrected chi connectivity index (χ3v) is 6.95. The SMILES string of the molecule is CCN1C[C@H](F)C[C@H]1CNC(=O)Cc1ccc(-c2ccc3c(=O)c(C(=O)NC)c(N)n(CC)c3n2)cc1.Cl. The number of likely N-dealkylation sites (N-methyl/N-ethyl adjacent to an activating group) is 1. The summed E-state index contributed by atoms with van der Waals surface area (Å²) in [5, 5.41) is 5.71. The summed E-state index contributed by atoms with van der Waals surface area (Å²) < 4.78 is 15.3. The van der Waals surface area contributed by atoms with Gasteiger partial charge in [-0.1, -0.05) is 31.2 Å². The van der Waals surface area contributed by atoms with E-state index in [2.05, 4.69) is 20.5 Å². The number of aryl methyl sites for hydroxylation is 1. The van der Waals surface area contributed by atoms with E-state index >= 15 is 0 Å². The minimum absolute atomic E-state index is 0. The maximum Gasteiger partial charge on any atom is 0.258 e. The molecule has 9 nitrogen and oxygen atoms in total. The number of nitrogens with two attached hydrogens (primary N) is 1. The number of likely N-dealkylation sites (tertiary alicyclic amines) is 1. The second-order valence-corrected chi connectivity index (χ2v) is 9.23. The molecule has 204 valence electrons. The number of halogens is 2. The monoisotopic (exact) mass is 544 g/mol. The van der Waals surface area contributed by atoms with Gasteiger partial charge in [0.15, 0.2) is 0 Å². The van der Waals surface area contributed by atoms with E-state index in [1.807, 2.05) is 38.1 Å². The summed E-state index contributed by atoms with van der Waals surface area (Å²) in [6.45, 7) is 5.93. The van der Waals surface area contributed by atoms with Crippen LogP contribution in [0.25, 0.3) is 22.3 Å². The number of fused-ring (bicyclic) bond motifs is 1. The largest absolute Gasteiger partial charge is 0.384 e. The van der Waals surface area contributed by atoms with Gasteiger partial charge in [0.1, 0.15) is 23.2 Å². The van der Waals surface area contributed by atoms with E-state index in [9.17, 15) is 18.8 Å². The molecule has 0 bridgehead atoms. The Morgan fingerprint density at radius 1 is 1.13 bits per heavy atom. The summed E-state index contributed by atoms with van der Waals surface area (Å²) in [6, 6.07) is 10.9. The number of amides is 2. The van der Waals surface area contributed by atoms with Crippen LogP contribution in [0.2, 0.25) is 0 Å². The molecule has 3 aromatic rings. The van der Waals surface area contributed by atoms with Gasteiger partial charge in [-0.15, -0.1) is 12.4 Å². The fourth-order valence-electron chi connectivity index (χ4n) is 4.95. The number of nitrogens with one attached hydrogen (secondary N) is 2. The number of pyridine rings is 2. The zero-order valence-corrected chi connectivity index (χ0v) is 22.6. The number of hydrogen-bond acceptors (Lipinski definition) is 6. The molecule has 2 atom stereocenters. The highest BCUT2D eigenvalue weighted by Crippen LogP contribution is 2.23. The first-order valence-electron chi connectivity index (χ1n) is 12.6. The maximum absolute atomic E-state index is 13.7. The van der Waals surface area contributed by atoms with Crippen molar-refractivity contribution in [2.45, 2.75) is 45.4 Å². The molecule has 0 saturated carbocycles. The van der Waals surface area contributed by atoms with E-state index in [4.69, 9.17) is 5.73 Å². The van der Waals surface area contributed by atoms with Crippen LogP contribution in [-0.4, -0.2) is 65.2 Å². The zero-order chi connectivity index (χ0) is 26.7. The molecule has 1 saturated heterocycles. The van der Waals surface area contributed by atoms with Crippen LogP contribution in [0.3, 0.4) is 0 Å². The topological polar surface area (TPSA) is 122 Å². The van der Waals surface area contributed by atoms with Crippen molar-refractivity contribution in [2.24, 2.45) is 0 Å². The molecule has 1 aliphatic rings. The van der Waals surface area contributed by atoms with Crippen molar-refractivity contribution in [3.05, 3.63) is 57.7 Å². The predicted octanol–water partition coefficient (Wildman–Crippen LogP) is 2.54. The third kappa shape index (κ3) is 5.81. The van der Waals surface area contributed by atoms with E-state index < -0.39 is 17.5 Å². The first-order valence-corrected chi connectivity index (χ1v) is 12.6. The Kier molecular flexibility index (Phi) is 9.45. The number of alkyl halides is 1. The van der Waals surface area contributed by atoms with Gasteiger partial charge in [0, 0.05) is 38.3 Å². The quantitative estimate of drug-likeness (QED) is 0.400. The molecule has 1 fully saturated rings. The smallest absolute Gasteiger partial charge is 0.258 e. The lowest BCUT2D eigenvalue weighted by molar-refractivity contribution is -0.120. The van der Waals surface area contributed by atoms with Crippen LogP contribution in [0, 0.1) is 0 Å². The van der Waals surface area contributed by atoms with Gasteiger partial charge in [-0.25, -0.2) is 9.37 Å². The lowest BCUT2D eigenvalue weighted by Gasteiger charge is -2.22. The highest BCUT2D eigenvalue weighted by Gasteiger charge is 2.30. The van der Waals surface area contributed by atoms with Crippen molar-refractivity contribution in [2.75, 3.05) is 32.4 Å². The maximum atomic E-state index is 13.7. The van der Waals surface area contributed by atoms with Crippen LogP contribution >= 0.6 is 12.4 Å². The fraction of sp³-hybridized carbons (Fsp3) is 0.407. The van der Waals surface area contributed by atoms with Crippen LogP contribution in [0.5, 0.6) is 0 Å². The van der Waals surface area contributed by atoms with Gasteiger partial charge in [-0.2, -0.15) is 0 Å². The van der Waals surface area contributed by atoms with E-state index in [0.717, 1.165) is 17.7 Å². The minimum Gasteiger partial charge on any atom is -0.384 e. The van der Waals surface area contributed by atoms with Gasteiger partial charge in [0.2, 0.25) is 11.3 Å². The standard InChI is InChI=1S/C27H33FN6O3.ClH/c1-4-33-15-18(28)13-19(33)14-31-22(35)12-16-6-8-17(9-7-16)21-11-10-20-24(36)23(27(37)30-3)25(29)34(5-2)26(20)32-21;/h6-11,18-19H,4-5,12-15,29H2,1-3H3,(H,30,37)(H,31,35);1H/t18-,19+;/m1./s1. The summed E-state index contributed by atoms with van der Waals surface area (Å²) in [5.41, 5.74) is 8.33. The molecule has 3 heterocycles. The molecule has 0 aliphatic carbocycles. The number of carbonyl (C=O) groups excluding carboxylic acids is 2. The second kappa shape index (κ2) is 12.4. The van der Waals surface area contributed by atoms with Crippen LogP contribution < -0.4 is 21.8 Å². The second-order valence-electron chi connectivity index (χ2n) is 9.23. The number of aromatic nitrogens is 2. The van der Waals surface area contributed by atoms with E-state index in [1.54, 1.807) is 16.7 Å². The lowest BCUT2D eigenvalue weighted by Crippen LogP contribution is -2.40. The highest BCUT2D eigenvalue weighted by atomic mass is 35.5. The molecule has 0 unspecified atom stereocenters. The van der Waals surface area contributed by atoms with Gasteiger partial charge in [-0.3, -0.25) is 19.3 Å². The molecule has 2 aromatic heterocycles. The van der Waals surface area contributed by atoms with Gasteiger partial charge in [0.25, 0.3) is 5.91 Å². The average molecular weight is 545 g/mol. The van der Waals surface area contributed by atoms with Gasteiger partial charge in [-0.05, 0) is 37.6 Å².